The van der Waals surface area contributed by atoms with E-state index < -0.39 is 44.8 Å². The Morgan fingerprint density at radius 3 is 2.47 bits per heavy atom. The first-order chi connectivity index (χ1) is 16.9. The van der Waals surface area contributed by atoms with Crippen LogP contribution < -0.4 is 4.72 Å². The second-order valence-corrected chi connectivity index (χ2v) is 9.53. The molecule has 0 bridgehead atoms. The Balaban J connectivity index is 1.39. The highest BCUT2D eigenvalue weighted by atomic mass is 32.2. The lowest BCUT2D eigenvalue weighted by molar-refractivity contribution is -0.145. The lowest BCUT2D eigenvalue weighted by atomic mass is 10.1. The number of furan rings is 1. The van der Waals surface area contributed by atoms with Crippen LogP contribution in [0.25, 0.3) is 22.1 Å². The number of hydrogen-bond acceptors (Lipinski definition) is 7. The van der Waals surface area contributed by atoms with Crippen molar-refractivity contribution < 1.29 is 35.2 Å². The molecule has 3 heterocycles. The minimum absolute atomic E-state index is 0.0605. The molecule has 0 unspecified atom stereocenters. The summed E-state index contributed by atoms with van der Waals surface area (Å²) in [7, 11) is -4.19. The molecular weight excluding hydrogens is 504 g/mol. The number of carbonyl (C=O) groups excluding carboxylic acids is 1. The van der Waals surface area contributed by atoms with Crippen molar-refractivity contribution >= 4 is 26.8 Å². The smallest absolute Gasteiger partial charge is 0.443 e. The van der Waals surface area contributed by atoms with Crippen molar-refractivity contribution in [2.75, 3.05) is 0 Å². The van der Waals surface area contributed by atoms with E-state index in [-0.39, 0.29) is 23.8 Å². The number of nitrogens with one attached hydrogen (secondary N) is 1. The van der Waals surface area contributed by atoms with E-state index in [1.165, 1.54) is 25.3 Å². The van der Waals surface area contributed by atoms with Crippen LogP contribution in [0.1, 0.15) is 24.9 Å². The molecule has 1 aromatic carbocycles. The predicted molar refractivity (Wildman–Crippen MR) is 120 cm³/mol. The van der Waals surface area contributed by atoms with E-state index in [1.807, 2.05) is 0 Å². The number of halogens is 4. The van der Waals surface area contributed by atoms with E-state index in [1.54, 1.807) is 12.1 Å². The number of benzene rings is 1. The summed E-state index contributed by atoms with van der Waals surface area (Å²) in [5.41, 5.74) is 1.50. The quantitative estimate of drug-likeness (QED) is 0.343. The highest BCUT2D eigenvalue weighted by molar-refractivity contribution is 7.89. The van der Waals surface area contributed by atoms with Gasteiger partial charge in [0.25, 0.3) is 10.0 Å². The normalized spacial score (nSPS) is 13.1. The zero-order valence-electron chi connectivity index (χ0n) is 18.6. The third-order valence-corrected chi connectivity index (χ3v) is 6.61. The van der Waals surface area contributed by atoms with Crippen LogP contribution in [0.5, 0.6) is 0 Å². The van der Waals surface area contributed by atoms with Gasteiger partial charge in [-0.15, -0.1) is 0 Å². The number of hydrogen-bond donors (Lipinski definition) is 1. The van der Waals surface area contributed by atoms with Crippen LogP contribution >= 0.6 is 0 Å². The number of rotatable bonds is 8. The van der Waals surface area contributed by atoms with Gasteiger partial charge in [0.15, 0.2) is 5.78 Å². The van der Waals surface area contributed by atoms with Crippen molar-refractivity contribution in [3.63, 3.8) is 0 Å². The molecule has 0 aliphatic carbocycles. The molecule has 3 aromatic heterocycles. The lowest BCUT2D eigenvalue weighted by Gasteiger charge is -2.12. The summed E-state index contributed by atoms with van der Waals surface area (Å²) >= 11 is 0. The third kappa shape index (κ3) is 5.74. The average molecular weight is 522 g/mol. The van der Waals surface area contributed by atoms with Gasteiger partial charge in [0.1, 0.15) is 11.4 Å². The second-order valence-electron chi connectivity index (χ2n) is 7.89. The average Bonchev–Trinajstić information content (AvgIpc) is 3.26. The molecule has 0 radical (unpaired) electrons. The van der Waals surface area contributed by atoms with Crippen molar-refractivity contribution in [1.82, 2.24) is 19.7 Å². The summed E-state index contributed by atoms with van der Waals surface area (Å²) in [5, 5.41) is -0.186. The van der Waals surface area contributed by atoms with E-state index in [0.29, 0.717) is 16.8 Å². The van der Waals surface area contributed by atoms with E-state index in [9.17, 15) is 30.8 Å². The number of pyridine rings is 1. The maximum atomic E-state index is 13.4. The summed E-state index contributed by atoms with van der Waals surface area (Å²) in [6.45, 7) is 1.38. The van der Waals surface area contributed by atoms with Crippen LogP contribution in [0, 0.1) is 5.82 Å². The molecule has 13 heteroatoms. The van der Waals surface area contributed by atoms with Crippen LogP contribution in [-0.4, -0.2) is 35.2 Å². The van der Waals surface area contributed by atoms with Gasteiger partial charge in [-0.3, -0.25) is 9.78 Å². The number of fused-ring (bicyclic) bond motifs is 1. The Morgan fingerprint density at radius 2 is 1.78 bits per heavy atom. The first-order valence-corrected chi connectivity index (χ1v) is 12.0. The number of ketones is 1. The first kappa shape index (κ1) is 25.4. The van der Waals surface area contributed by atoms with Crippen molar-refractivity contribution in [2.45, 2.75) is 37.1 Å². The van der Waals surface area contributed by atoms with Gasteiger partial charge in [-0.05, 0) is 49.2 Å². The fourth-order valence-corrected chi connectivity index (χ4v) is 4.56. The van der Waals surface area contributed by atoms with E-state index >= 15 is 0 Å². The first-order valence-electron chi connectivity index (χ1n) is 10.5. The summed E-state index contributed by atoms with van der Waals surface area (Å²) < 4.78 is 84.1. The van der Waals surface area contributed by atoms with Crippen LogP contribution in [-0.2, 0) is 27.4 Å². The molecule has 1 atom stereocenters. The Labute approximate surface area is 202 Å². The fraction of sp³-hybridized carbons (Fsp3) is 0.217. The molecule has 0 saturated heterocycles. The molecule has 0 fully saturated rings. The zero-order valence-corrected chi connectivity index (χ0v) is 19.4. The number of aromatic nitrogens is 3. The standard InChI is InChI=1S/C23H18F4N4O4S/c1-13(31-36(33,34)21-10-15-8-17(24)2-5-20(15)35-21)19(32)4-3-18-9-14(6-7-28-18)16-11-29-22(30-12-16)23(25,26)27/h2,5-13,31H,3-4H2,1H3/t13-/m0/s1. The van der Waals surface area contributed by atoms with E-state index in [2.05, 4.69) is 19.7 Å². The largest absolute Gasteiger partial charge is 0.451 e. The molecule has 8 nitrogen and oxygen atoms in total. The van der Waals surface area contributed by atoms with Crippen molar-refractivity contribution in [1.29, 1.82) is 0 Å². The van der Waals surface area contributed by atoms with Gasteiger partial charge < -0.3 is 4.42 Å². The number of sulfonamides is 1. The molecule has 0 aliphatic heterocycles. The molecule has 0 spiro atoms. The van der Waals surface area contributed by atoms with Gasteiger partial charge in [-0.1, -0.05) is 0 Å². The third-order valence-electron chi connectivity index (χ3n) is 5.22. The van der Waals surface area contributed by atoms with Crippen LogP contribution in [0.15, 0.2) is 64.5 Å². The minimum Gasteiger partial charge on any atom is -0.443 e. The number of nitrogens with zero attached hydrogens (tertiary/aromatic N) is 3. The zero-order chi connectivity index (χ0) is 26.1. The molecule has 0 saturated carbocycles. The Bertz CT molecular complexity index is 1520. The van der Waals surface area contributed by atoms with E-state index in [4.69, 9.17) is 4.42 Å². The van der Waals surface area contributed by atoms with Crippen molar-refractivity contribution in [3.8, 4) is 11.1 Å². The highest BCUT2D eigenvalue weighted by Crippen LogP contribution is 2.27. The molecule has 4 aromatic rings. The fourth-order valence-electron chi connectivity index (χ4n) is 3.36. The summed E-state index contributed by atoms with van der Waals surface area (Å²) in [6.07, 6.45) is -1.03. The molecule has 188 valence electrons. The van der Waals surface area contributed by atoms with Crippen LogP contribution in [0.3, 0.4) is 0 Å². The Kier molecular flexibility index (Phi) is 6.87. The molecule has 0 amide bonds. The van der Waals surface area contributed by atoms with Gasteiger partial charge in [0.2, 0.25) is 10.9 Å². The molecular formula is C23H18F4N4O4S. The second kappa shape index (κ2) is 9.74. The number of carbonyl (C=O) groups is 1. The molecule has 4 rings (SSSR count). The summed E-state index contributed by atoms with van der Waals surface area (Å²) in [5.74, 6) is -2.23. The topological polar surface area (TPSA) is 115 Å². The SMILES string of the molecule is C[C@H](NS(=O)(=O)c1cc2cc(F)ccc2o1)C(=O)CCc1cc(-c2cnc(C(F)(F)F)nc2)ccn1. The number of Topliss-reactive ketones (excluding diaryl/α,β-unsaturated/α-hetero) is 1. The number of alkyl halides is 3. The Morgan fingerprint density at radius 1 is 1.06 bits per heavy atom. The Hall–Kier alpha value is -3.71. The van der Waals surface area contributed by atoms with E-state index in [0.717, 1.165) is 24.5 Å². The lowest BCUT2D eigenvalue weighted by Crippen LogP contribution is -2.38. The minimum atomic E-state index is -4.65. The van der Waals surface area contributed by atoms with Crippen LogP contribution in [0.4, 0.5) is 17.6 Å². The molecule has 36 heavy (non-hydrogen) atoms. The maximum Gasteiger partial charge on any atom is 0.451 e. The van der Waals surface area contributed by atoms with Gasteiger partial charge >= 0.3 is 6.18 Å². The summed E-state index contributed by atoms with van der Waals surface area (Å²) in [6, 6.07) is 6.79. The van der Waals surface area contributed by atoms with Crippen LogP contribution in [0.2, 0.25) is 0 Å². The predicted octanol–water partition coefficient (Wildman–Crippen LogP) is 4.31. The van der Waals surface area contributed by atoms with Crippen molar-refractivity contribution in [2.24, 2.45) is 0 Å². The maximum absolute atomic E-state index is 13.4. The monoisotopic (exact) mass is 522 g/mol. The molecule has 1 N–H and O–H groups in total. The highest BCUT2D eigenvalue weighted by Gasteiger charge is 2.34. The van der Waals surface area contributed by atoms with Crippen molar-refractivity contribution in [3.05, 3.63) is 72.3 Å². The van der Waals surface area contributed by atoms with Gasteiger partial charge in [-0.2, -0.15) is 17.9 Å². The van der Waals surface area contributed by atoms with Gasteiger partial charge in [-0.25, -0.2) is 22.8 Å². The van der Waals surface area contributed by atoms with Gasteiger partial charge in [0, 0.05) is 47.7 Å². The molecule has 0 aliphatic rings. The number of aryl methyl sites for hydroxylation is 1. The van der Waals surface area contributed by atoms with Gasteiger partial charge in [0.05, 0.1) is 6.04 Å². The summed E-state index contributed by atoms with van der Waals surface area (Å²) in [4.78, 5) is 23.4.